The Hall–Kier alpha value is -1.72. The number of para-hydroxylation sites is 1. The molecule has 2 rings (SSSR count). The van der Waals surface area contributed by atoms with Gasteiger partial charge in [0.1, 0.15) is 0 Å². The smallest absolute Gasteiger partial charge is 0.224 e. The number of hydrogen-bond donors (Lipinski definition) is 1. The fraction of sp³-hybridized carbons (Fsp3) is 0.529. The first-order valence-electron chi connectivity index (χ1n) is 7.63. The van der Waals surface area contributed by atoms with Gasteiger partial charge in [0.15, 0.2) is 0 Å². The topological polar surface area (TPSA) is 62.1 Å². The van der Waals surface area contributed by atoms with E-state index in [1.165, 1.54) is 5.56 Å². The molecule has 5 heteroatoms. The zero-order chi connectivity index (χ0) is 16.1. The van der Waals surface area contributed by atoms with Crippen LogP contribution >= 0.6 is 0 Å². The molecule has 1 aliphatic rings. The maximum atomic E-state index is 12.0. The number of nitrogens with zero attached hydrogens (tertiary/aromatic N) is 2. The lowest BCUT2D eigenvalue weighted by Crippen LogP contribution is -2.37. The van der Waals surface area contributed by atoms with Crippen molar-refractivity contribution in [1.29, 1.82) is 0 Å². The number of carbonyl (C=O) groups is 1. The minimum Gasteiger partial charge on any atom is -0.396 e. The van der Waals surface area contributed by atoms with E-state index in [1.807, 2.05) is 37.4 Å². The van der Waals surface area contributed by atoms with E-state index in [-0.39, 0.29) is 30.7 Å². The molecule has 0 fully saturated rings. The van der Waals surface area contributed by atoms with Crippen LogP contribution in [0, 0.1) is 0 Å². The molecule has 0 saturated heterocycles. The summed E-state index contributed by atoms with van der Waals surface area (Å²) in [6, 6.07) is 7.84. The molecule has 120 valence electrons. The number of ether oxygens (including phenoxy) is 1. The van der Waals surface area contributed by atoms with Gasteiger partial charge in [-0.15, -0.1) is 0 Å². The van der Waals surface area contributed by atoms with E-state index in [2.05, 4.69) is 4.99 Å². The van der Waals surface area contributed by atoms with E-state index < -0.39 is 0 Å². The third kappa shape index (κ3) is 3.54. The van der Waals surface area contributed by atoms with Gasteiger partial charge in [-0.2, -0.15) is 0 Å². The Balaban J connectivity index is 2.12. The van der Waals surface area contributed by atoms with Gasteiger partial charge in [0.2, 0.25) is 5.91 Å². The van der Waals surface area contributed by atoms with Crippen LogP contribution in [-0.4, -0.2) is 49.1 Å². The predicted octanol–water partition coefficient (Wildman–Crippen LogP) is 1.82. The Morgan fingerprint density at radius 2 is 2.27 bits per heavy atom. The van der Waals surface area contributed by atoms with Gasteiger partial charge in [-0.25, -0.2) is 0 Å². The van der Waals surface area contributed by atoms with Crippen LogP contribution in [0.2, 0.25) is 0 Å². The molecule has 0 spiro atoms. The van der Waals surface area contributed by atoms with Crippen LogP contribution in [0.5, 0.6) is 0 Å². The van der Waals surface area contributed by atoms with Crippen LogP contribution < -0.4 is 4.90 Å². The first kappa shape index (κ1) is 16.6. The Labute approximate surface area is 131 Å². The van der Waals surface area contributed by atoms with E-state index in [0.29, 0.717) is 6.42 Å². The second-order valence-electron chi connectivity index (χ2n) is 5.61. The van der Waals surface area contributed by atoms with Gasteiger partial charge in [0.25, 0.3) is 0 Å². The molecule has 1 aromatic carbocycles. The first-order chi connectivity index (χ1) is 10.6. The van der Waals surface area contributed by atoms with Crippen molar-refractivity contribution in [3.05, 3.63) is 29.8 Å². The van der Waals surface area contributed by atoms with Crippen molar-refractivity contribution in [3.63, 3.8) is 0 Å². The highest BCUT2D eigenvalue weighted by molar-refractivity contribution is 5.99. The minimum atomic E-state index is -0.115. The quantitative estimate of drug-likeness (QED) is 0.816. The lowest BCUT2D eigenvalue weighted by atomic mass is 10.1. The lowest BCUT2D eigenvalue weighted by molar-refractivity contribution is -0.116. The van der Waals surface area contributed by atoms with Crippen molar-refractivity contribution in [3.8, 4) is 0 Å². The molecule has 22 heavy (non-hydrogen) atoms. The van der Waals surface area contributed by atoms with Gasteiger partial charge < -0.3 is 14.7 Å². The Morgan fingerprint density at radius 1 is 1.55 bits per heavy atom. The molecule has 3 atom stereocenters. The molecule has 5 nitrogen and oxygen atoms in total. The fourth-order valence-corrected chi connectivity index (χ4v) is 2.95. The van der Waals surface area contributed by atoms with Gasteiger partial charge in [-0.3, -0.25) is 9.79 Å². The van der Waals surface area contributed by atoms with Crippen LogP contribution in [0.4, 0.5) is 5.69 Å². The molecule has 1 unspecified atom stereocenters. The molecule has 1 heterocycles. The lowest BCUT2D eigenvalue weighted by Gasteiger charge is -2.23. The number of rotatable bonds is 6. The molecule has 1 amide bonds. The normalized spacial score (nSPS) is 20.2. The summed E-state index contributed by atoms with van der Waals surface area (Å²) in [5, 5.41) is 9.04. The third-order valence-electron chi connectivity index (χ3n) is 4.10. The van der Waals surface area contributed by atoms with Gasteiger partial charge in [0, 0.05) is 39.0 Å². The summed E-state index contributed by atoms with van der Waals surface area (Å²) in [5.74, 6) is 0.0210. The zero-order valence-electron chi connectivity index (χ0n) is 13.4. The summed E-state index contributed by atoms with van der Waals surface area (Å²) in [7, 11) is 1.62. The van der Waals surface area contributed by atoms with Crippen molar-refractivity contribution in [2.75, 3.05) is 18.6 Å². The number of fused-ring (bicyclic) bond motifs is 1. The number of hydrogen-bond acceptors (Lipinski definition) is 4. The first-order valence-corrected chi connectivity index (χ1v) is 7.63. The molecular formula is C17H24N2O3. The molecule has 0 aromatic heterocycles. The average Bonchev–Trinajstić information content (AvgIpc) is 2.88. The number of amides is 1. The number of carbonyl (C=O) groups excluding carboxylic acids is 1. The maximum Gasteiger partial charge on any atom is 0.224 e. The highest BCUT2D eigenvalue weighted by Gasteiger charge is 2.30. The Morgan fingerprint density at radius 3 is 2.91 bits per heavy atom. The summed E-state index contributed by atoms with van der Waals surface area (Å²) < 4.78 is 5.35. The van der Waals surface area contributed by atoms with Gasteiger partial charge >= 0.3 is 0 Å². The van der Waals surface area contributed by atoms with Crippen LogP contribution in [0.3, 0.4) is 0 Å². The fourth-order valence-electron chi connectivity index (χ4n) is 2.95. The van der Waals surface area contributed by atoms with Crippen molar-refractivity contribution in [2.24, 2.45) is 4.99 Å². The molecule has 0 aliphatic carbocycles. The monoisotopic (exact) mass is 304 g/mol. The van der Waals surface area contributed by atoms with E-state index in [1.54, 1.807) is 18.9 Å². The molecule has 1 aromatic rings. The number of methoxy groups -OCH3 is 1. The maximum absolute atomic E-state index is 12.0. The standard InChI is InChI=1S/C17H24N2O3/c1-12(17(22-3)8-9-20)18-11-15-10-14-6-4-5-7-16(14)19(15)13(2)21/h4-7,11-12,15,17,20H,8-10H2,1-3H3/t12?,15-,17+/m0/s1. The summed E-state index contributed by atoms with van der Waals surface area (Å²) >= 11 is 0. The highest BCUT2D eigenvalue weighted by Crippen LogP contribution is 2.31. The van der Waals surface area contributed by atoms with E-state index in [0.717, 1.165) is 12.1 Å². The second kappa shape index (κ2) is 7.51. The summed E-state index contributed by atoms with van der Waals surface area (Å²) in [5.41, 5.74) is 2.14. The molecule has 0 radical (unpaired) electrons. The molecule has 0 bridgehead atoms. The van der Waals surface area contributed by atoms with Gasteiger partial charge in [0.05, 0.1) is 18.2 Å². The van der Waals surface area contributed by atoms with Crippen molar-refractivity contribution >= 4 is 17.8 Å². The van der Waals surface area contributed by atoms with Crippen molar-refractivity contribution in [2.45, 2.75) is 44.9 Å². The van der Waals surface area contributed by atoms with E-state index in [9.17, 15) is 4.79 Å². The third-order valence-corrected chi connectivity index (χ3v) is 4.10. The summed E-state index contributed by atoms with van der Waals surface area (Å²) in [6.45, 7) is 3.61. The van der Waals surface area contributed by atoms with Crippen LogP contribution in [0.25, 0.3) is 0 Å². The predicted molar refractivity (Wildman–Crippen MR) is 87.5 cm³/mol. The summed E-state index contributed by atoms with van der Waals surface area (Å²) in [6.07, 6.45) is 3.06. The number of benzene rings is 1. The number of anilines is 1. The van der Waals surface area contributed by atoms with Crippen LogP contribution in [-0.2, 0) is 16.0 Å². The number of aliphatic hydroxyl groups excluding tert-OH is 1. The van der Waals surface area contributed by atoms with Crippen molar-refractivity contribution < 1.29 is 14.6 Å². The van der Waals surface area contributed by atoms with Gasteiger partial charge in [-0.05, 0) is 25.0 Å². The SMILES string of the molecule is CO[C@H](CCO)C(C)N=C[C@@H]1Cc2ccccc2N1C(C)=O. The number of aliphatic hydroxyl groups is 1. The number of aliphatic imine (C=N–C) groups is 1. The van der Waals surface area contributed by atoms with E-state index in [4.69, 9.17) is 9.84 Å². The summed E-state index contributed by atoms with van der Waals surface area (Å²) in [4.78, 5) is 18.3. The molecule has 1 aliphatic heterocycles. The molecule has 1 N–H and O–H groups in total. The highest BCUT2D eigenvalue weighted by atomic mass is 16.5. The van der Waals surface area contributed by atoms with Crippen LogP contribution in [0.15, 0.2) is 29.3 Å². The molecular weight excluding hydrogens is 280 g/mol. The van der Waals surface area contributed by atoms with E-state index >= 15 is 0 Å². The Kier molecular flexibility index (Phi) is 5.69. The largest absolute Gasteiger partial charge is 0.396 e. The van der Waals surface area contributed by atoms with Crippen LogP contribution in [0.1, 0.15) is 25.8 Å². The zero-order valence-corrected chi connectivity index (χ0v) is 13.4. The van der Waals surface area contributed by atoms with Gasteiger partial charge in [-0.1, -0.05) is 18.2 Å². The average molecular weight is 304 g/mol. The Bertz CT molecular complexity index is 544. The van der Waals surface area contributed by atoms with Crippen molar-refractivity contribution in [1.82, 2.24) is 0 Å². The minimum absolute atomic E-state index is 0.0210. The second-order valence-corrected chi connectivity index (χ2v) is 5.61. The molecule has 0 saturated carbocycles.